The first-order valence-electron chi connectivity index (χ1n) is 10.6. The van der Waals surface area contributed by atoms with Crippen LogP contribution in [0.25, 0.3) is 10.6 Å². The van der Waals surface area contributed by atoms with Gasteiger partial charge in [0, 0.05) is 25.1 Å². The van der Waals surface area contributed by atoms with E-state index in [1.54, 1.807) is 24.4 Å². The van der Waals surface area contributed by atoms with Crippen molar-refractivity contribution in [2.45, 2.75) is 25.4 Å². The summed E-state index contributed by atoms with van der Waals surface area (Å²) in [5.74, 6) is -0.347. The highest BCUT2D eigenvalue weighted by molar-refractivity contribution is 7.20. The summed E-state index contributed by atoms with van der Waals surface area (Å²) in [5.41, 5.74) is 6.27. The molecule has 11 nitrogen and oxygen atoms in total. The molecule has 34 heavy (non-hydrogen) atoms. The van der Waals surface area contributed by atoms with Crippen molar-refractivity contribution in [3.8, 4) is 10.6 Å². The summed E-state index contributed by atoms with van der Waals surface area (Å²) in [4.78, 5) is 51.7. The van der Waals surface area contributed by atoms with Crippen LogP contribution in [0.5, 0.6) is 0 Å². The summed E-state index contributed by atoms with van der Waals surface area (Å²) in [6.45, 7) is 0.759. The summed E-state index contributed by atoms with van der Waals surface area (Å²) >= 11 is 1.20. The number of thiophene rings is 1. The predicted octanol–water partition coefficient (Wildman–Crippen LogP) is 3.33. The molecule has 3 aromatic rings. The van der Waals surface area contributed by atoms with Gasteiger partial charge in [-0.2, -0.15) is 0 Å². The number of hydrogen-bond acceptors (Lipinski definition) is 8. The van der Waals surface area contributed by atoms with E-state index in [1.165, 1.54) is 34.8 Å². The number of ether oxygens (including phenoxy) is 1. The Bertz CT molecular complexity index is 1160. The number of carbonyl (C=O) groups excluding carboxylic acids is 3. The second kappa shape index (κ2) is 10.7. The number of hydrogen-bond donors (Lipinski definition) is 3. The number of carbonyl (C=O) groups is 3. The zero-order valence-electron chi connectivity index (χ0n) is 18.1. The third-order valence-corrected chi connectivity index (χ3v) is 6.19. The molecule has 3 aromatic heterocycles. The van der Waals surface area contributed by atoms with E-state index in [1.807, 2.05) is 6.07 Å². The number of primary amides is 1. The van der Waals surface area contributed by atoms with Gasteiger partial charge in [0.25, 0.3) is 0 Å². The van der Waals surface area contributed by atoms with Gasteiger partial charge < -0.3 is 15.4 Å². The molecule has 0 aliphatic carbocycles. The molecule has 1 fully saturated rings. The maximum absolute atomic E-state index is 13.1. The van der Waals surface area contributed by atoms with Crippen molar-refractivity contribution in [3.63, 3.8) is 0 Å². The van der Waals surface area contributed by atoms with Gasteiger partial charge >= 0.3 is 18.0 Å². The molecule has 4 N–H and O–H groups in total. The van der Waals surface area contributed by atoms with Crippen molar-refractivity contribution >= 4 is 40.2 Å². The number of anilines is 2. The largest absolute Gasteiger partial charge is 0.457 e. The van der Waals surface area contributed by atoms with E-state index in [9.17, 15) is 14.4 Å². The summed E-state index contributed by atoms with van der Waals surface area (Å²) in [6, 6.07) is 5.93. The van der Waals surface area contributed by atoms with Crippen molar-refractivity contribution in [3.05, 3.63) is 54.6 Å². The average Bonchev–Trinajstić information content (AvgIpc) is 3.10. The number of urea groups is 2. The Morgan fingerprint density at radius 1 is 1.12 bits per heavy atom. The molecule has 0 bridgehead atoms. The molecule has 1 atom stereocenters. The summed E-state index contributed by atoms with van der Waals surface area (Å²) < 4.78 is 5.73. The molecule has 0 saturated carbocycles. The zero-order valence-corrected chi connectivity index (χ0v) is 19.0. The lowest BCUT2D eigenvalue weighted by atomic mass is 10.2. The smallest absolute Gasteiger partial charge is 0.341 e. The molecular weight excluding hydrogens is 458 g/mol. The number of esters is 1. The fourth-order valence-electron chi connectivity index (χ4n) is 3.50. The zero-order chi connectivity index (χ0) is 23.9. The minimum absolute atomic E-state index is 0.190. The molecule has 176 valence electrons. The van der Waals surface area contributed by atoms with E-state index in [0.29, 0.717) is 28.5 Å². The van der Waals surface area contributed by atoms with Crippen LogP contribution >= 0.6 is 11.3 Å². The van der Waals surface area contributed by atoms with E-state index in [4.69, 9.17) is 10.5 Å². The van der Waals surface area contributed by atoms with Crippen molar-refractivity contribution in [2.75, 3.05) is 23.7 Å². The molecule has 0 radical (unpaired) electrons. The fraction of sp³-hybridized carbons (Fsp3) is 0.273. The number of rotatable bonds is 5. The first-order chi connectivity index (χ1) is 16.5. The van der Waals surface area contributed by atoms with Crippen molar-refractivity contribution in [2.24, 2.45) is 5.73 Å². The van der Waals surface area contributed by atoms with Gasteiger partial charge in [-0.15, -0.1) is 11.3 Å². The van der Waals surface area contributed by atoms with E-state index in [0.717, 1.165) is 12.8 Å². The minimum atomic E-state index is -0.607. The van der Waals surface area contributed by atoms with E-state index < -0.39 is 24.1 Å². The number of nitrogens with zero attached hydrogens (tertiary/aromatic N) is 4. The van der Waals surface area contributed by atoms with Crippen LogP contribution in [0, 0.1) is 0 Å². The van der Waals surface area contributed by atoms with Crippen LogP contribution in [0.1, 0.15) is 29.6 Å². The SMILES string of the molecule is NC(=O)N1CCCCC(OC(=O)c2cc(-c3ccccn3)sc2NC(=O)Nc2cnccn2)C1. The van der Waals surface area contributed by atoms with E-state index in [-0.39, 0.29) is 17.9 Å². The van der Waals surface area contributed by atoms with Crippen molar-refractivity contribution < 1.29 is 19.1 Å². The fourth-order valence-corrected chi connectivity index (χ4v) is 4.52. The molecular formula is C22H23N7O4S. The standard InChI is InChI=1S/C22H23N7O4S/c23-21(31)29-10-4-2-5-14(13-29)33-20(30)15-11-17(16-6-1-3-7-25-16)34-19(15)28-22(32)27-18-12-24-8-9-26-18/h1,3,6-9,11-12,14H,2,4-5,10,13H2,(H2,23,31)(H2,26,27,28,32). The summed E-state index contributed by atoms with van der Waals surface area (Å²) in [5, 5.41) is 5.56. The second-order valence-electron chi connectivity index (χ2n) is 7.55. The Balaban J connectivity index is 1.55. The third-order valence-electron chi connectivity index (χ3n) is 5.11. The van der Waals surface area contributed by atoms with Crippen molar-refractivity contribution in [1.29, 1.82) is 0 Å². The lowest BCUT2D eigenvalue weighted by Crippen LogP contribution is -2.41. The first kappa shape index (κ1) is 23.1. The van der Waals surface area contributed by atoms with Crippen LogP contribution in [0.3, 0.4) is 0 Å². The Labute approximate surface area is 199 Å². The second-order valence-corrected chi connectivity index (χ2v) is 8.60. The average molecular weight is 482 g/mol. The highest BCUT2D eigenvalue weighted by Gasteiger charge is 2.27. The van der Waals surface area contributed by atoms with E-state index >= 15 is 0 Å². The first-order valence-corrected chi connectivity index (χ1v) is 11.5. The maximum atomic E-state index is 13.1. The molecule has 4 heterocycles. The van der Waals surface area contributed by atoms with Crippen LogP contribution in [0.4, 0.5) is 20.4 Å². The molecule has 1 aliphatic rings. The Morgan fingerprint density at radius 2 is 2.00 bits per heavy atom. The Morgan fingerprint density at radius 3 is 2.74 bits per heavy atom. The van der Waals surface area contributed by atoms with Gasteiger partial charge in [0.15, 0.2) is 5.82 Å². The lowest BCUT2D eigenvalue weighted by molar-refractivity contribution is 0.0242. The highest BCUT2D eigenvalue weighted by atomic mass is 32.1. The van der Waals surface area contributed by atoms with Gasteiger partial charge in [-0.25, -0.2) is 19.4 Å². The molecule has 1 saturated heterocycles. The molecule has 1 aliphatic heterocycles. The number of nitrogens with two attached hydrogens (primary N) is 1. The topological polar surface area (TPSA) is 152 Å². The molecule has 0 spiro atoms. The van der Waals surface area contributed by atoms with Crippen LogP contribution in [0.15, 0.2) is 49.1 Å². The molecule has 1 unspecified atom stereocenters. The third kappa shape index (κ3) is 5.84. The normalized spacial score (nSPS) is 15.8. The highest BCUT2D eigenvalue weighted by Crippen LogP contribution is 2.35. The maximum Gasteiger partial charge on any atom is 0.341 e. The van der Waals surface area contributed by atoms with Crippen LogP contribution in [-0.2, 0) is 4.74 Å². The van der Waals surface area contributed by atoms with Gasteiger partial charge in [-0.05, 0) is 37.5 Å². The molecule has 0 aromatic carbocycles. The van der Waals surface area contributed by atoms with Crippen molar-refractivity contribution in [1.82, 2.24) is 19.9 Å². The quantitative estimate of drug-likeness (QED) is 0.473. The summed E-state index contributed by atoms with van der Waals surface area (Å²) in [7, 11) is 0. The number of nitrogens with one attached hydrogen (secondary N) is 2. The number of likely N-dealkylation sites (tertiary alicyclic amines) is 1. The van der Waals surface area contributed by atoms with Gasteiger partial charge in [-0.1, -0.05) is 6.07 Å². The van der Waals surface area contributed by atoms with Crippen LogP contribution in [-0.4, -0.2) is 57.1 Å². The van der Waals surface area contributed by atoms with E-state index in [2.05, 4.69) is 25.6 Å². The van der Waals surface area contributed by atoms with Crippen LogP contribution in [0.2, 0.25) is 0 Å². The molecule has 4 rings (SSSR count). The van der Waals surface area contributed by atoms with Gasteiger partial charge in [-0.3, -0.25) is 20.6 Å². The van der Waals surface area contributed by atoms with Crippen LogP contribution < -0.4 is 16.4 Å². The monoisotopic (exact) mass is 481 g/mol. The predicted molar refractivity (Wildman–Crippen MR) is 126 cm³/mol. The number of amides is 4. The van der Waals surface area contributed by atoms with Gasteiger partial charge in [0.2, 0.25) is 0 Å². The van der Waals surface area contributed by atoms with Gasteiger partial charge in [0.1, 0.15) is 11.1 Å². The molecule has 4 amide bonds. The Hall–Kier alpha value is -4.06. The molecule has 12 heteroatoms. The number of pyridine rings is 1. The Kier molecular flexibility index (Phi) is 7.28. The van der Waals surface area contributed by atoms with Gasteiger partial charge in [0.05, 0.1) is 28.9 Å². The minimum Gasteiger partial charge on any atom is -0.457 e. The summed E-state index contributed by atoms with van der Waals surface area (Å²) in [6.07, 6.45) is 7.69. The number of aromatic nitrogens is 3. The lowest BCUT2D eigenvalue weighted by Gasteiger charge is -2.22.